The predicted molar refractivity (Wildman–Crippen MR) is 141 cm³/mol. The van der Waals surface area contributed by atoms with Gasteiger partial charge in [-0.3, -0.25) is 9.36 Å². The molecule has 0 atom stereocenters. The van der Waals surface area contributed by atoms with Gasteiger partial charge in [0.15, 0.2) is 0 Å². The third kappa shape index (κ3) is 4.80. The fourth-order valence-corrected chi connectivity index (χ4v) is 4.35. The number of hydrogen-bond acceptors (Lipinski definition) is 4. The molecule has 5 rings (SSSR count). The molecule has 36 heavy (non-hydrogen) atoms. The monoisotopic (exact) mass is 481 g/mol. The normalized spacial score (nSPS) is 11.1. The molecule has 0 saturated carbocycles. The molecule has 3 aromatic carbocycles. The zero-order valence-corrected chi connectivity index (χ0v) is 19.6. The number of fused-ring (bicyclic) bond motifs is 1. The Kier molecular flexibility index (Phi) is 6.42. The van der Waals surface area contributed by atoms with Gasteiger partial charge in [-0.2, -0.15) is 0 Å². The fraction of sp³-hybridized carbons (Fsp3) is 0.143. The van der Waals surface area contributed by atoms with Gasteiger partial charge in [0.2, 0.25) is 5.88 Å². The molecule has 0 bridgehead atoms. The lowest BCUT2D eigenvalue weighted by atomic mass is 10.0. The summed E-state index contributed by atoms with van der Waals surface area (Å²) < 4.78 is 1.29. The Hall–Kier alpha value is -4.56. The lowest BCUT2D eigenvalue weighted by Gasteiger charge is -2.07. The second kappa shape index (κ2) is 9.97. The number of aromatic amines is 2. The Morgan fingerprint density at radius 1 is 1.00 bits per heavy atom. The number of rotatable bonds is 8. The van der Waals surface area contributed by atoms with Crippen molar-refractivity contribution in [3.8, 4) is 5.88 Å². The van der Waals surface area contributed by atoms with Crippen molar-refractivity contribution in [2.24, 2.45) is 5.73 Å². The van der Waals surface area contributed by atoms with Crippen molar-refractivity contribution in [1.82, 2.24) is 14.5 Å². The summed E-state index contributed by atoms with van der Waals surface area (Å²) in [7, 11) is 0. The van der Waals surface area contributed by atoms with Gasteiger partial charge in [0.05, 0.1) is 12.2 Å². The van der Waals surface area contributed by atoms with Crippen molar-refractivity contribution in [3.63, 3.8) is 0 Å². The minimum absolute atomic E-state index is 0.0951. The van der Waals surface area contributed by atoms with Crippen LogP contribution in [0.3, 0.4) is 0 Å². The molecule has 2 heterocycles. The Bertz CT molecular complexity index is 1560. The van der Waals surface area contributed by atoms with E-state index in [0.29, 0.717) is 29.9 Å². The van der Waals surface area contributed by atoms with Crippen LogP contribution in [0.5, 0.6) is 5.88 Å². The van der Waals surface area contributed by atoms with Crippen LogP contribution >= 0.6 is 0 Å². The number of anilines is 1. The summed E-state index contributed by atoms with van der Waals surface area (Å²) in [5, 5.41) is 14.7. The number of carbonyl (C=O) groups is 1. The van der Waals surface area contributed by atoms with E-state index in [0.717, 1.165) is 34.0 Å². The second-order valence-corrected chi connectivity index (χ2v) is 8.74. The third-order valence-corrected chi connectivity index (χ3v) is 6.24. The van der Waals surface area contributed by atoms with Crippen LogP contribution in [0.2, 0.25) is 0 Å². The number of imidazole rings is 1. The van der Waals surface area contributed by atoms with E-state index in [1.54, 1.807) is 24.3 Å². The molecular formula is C28H27N5O3. The first kappa shape index (κ1) is 23.2. The molecule has 1 amide bonds. The number of nitrogens with zero attached hydrogens (tertiary/aromatic N) is 1. The highest BCUT2D eigenvalue weighted by atomic mass is 16.3. The Labute approximate surface area is 207 Å². The highest BCUT2D eigenvalue weighted by Gasteiger charge is 2.15. The van der Waals surface area contributed by atoms with E-state index in [9.17, 15) is 14.7 Å². The van der Waals surface area contributed by atoms with Gasteiger partial charge >= 0.3 is 5.69 Å². The Morgan fingerprint density at radius 3 is 2.50 bits per heavy atom. The average Bonchev–Trinajstić information content (AvgIpc) is 3.40. The van der Waals surface area contributed by atoms with E-state index in [1.165, 1.54) is 4.57 Å². The standard InChI is InChI=1S/C28H27N5O3/c29-13-12-21-16-30-24-11-8-19(14-23(21)24)15-25-27(35)33(28(36)32-25)17-18-6-9-20(10-7-18)26(34)31-22-4-2-1-3-5-22/h1-11,14,16,30,35H,12-13,15,17,29H2,(H,31,34)(H,32,36). The maximum atomic E-state index is 12.6. The largest absolute Gasteiger partial charge is 0.493 e. The van der Waals surface area contributed by atoms with Gasteiger partial charge in [0.25, 0.3) is 5.91 Å². The van der Waals surface area contributed by atoms with E-state index >= 15 is 0 Å². The molecule has 8 nitrogen and oxygen atoms in total. The zero-order valence-electron chi connectivity index (χ0n) is 19.6. The maximum Gasteiger partial charge on any atom is 0.328 e. The van der Waals surface area contributed by atoms with E-state index in [1.807, 2.05) is 48.7 Å². The van der Waals surface area contributed by atoms with Gasteiger partial charge in [-0.1, -0.05) is 36.4 Å². The zero-order chi connectivity index (χ0) is 25.1. The molecule has 0 aliphatic carbocycles. The molecule has 0 spiro atoms. The van der Waals surface area contributed by atoms with Crippen molar-refractivity contribution in [3.05, 3.63) is 117 Å². The van der Waals surface area contributed by atoms with Crippen LogP contribution in [0.4, 0.5) is 5.69 Å². The number of nitrogens with one attached hydrogen (secondary N) is 3. The number of nitrogens with two attached hydrogens (primary N) is 1. The molecule has 0 radical (unpaired) electrons. The topological polar surface area (TPSA) is 129 Å². The second-order valence-electron chi connectivity index (χ2n) is 8.74. The third-order valence-electron chi connectivity index (χ3n) is 6.24. The first-order valence-corrected chi connectivity index (χ1v) is 11.8. The Balaban J connectivity index is 1.31. The molecule has 182 valence electrons. The van der Waals surface area contributed by atoms with Crippen LogP contribution in [0, 0.1) is 0 Å². The number of para-hydroxylation sites is 1. The van der Waals surface area contributed by atoms with Gasteiger partial charge in [-0.25, -0.2) is 4.79 Å². The minimum atomic E-state index is -0.389. The van der Waals surface area contributed by atoms with E-state index in [4.69, 9.17) is 5.73 Å². The number of aromatic hydroxyl groups is 1. The number of H-pyrrole nitrogens is 2. The molecule has 0 fully saturated rings. The van der Waals surface area contributed by atoms with Crippen molar-refractivity contribution in [1.29, 1.82) is 0 Å². The molecule has 5 aromatic rings. The lowest BCUT2D eigenvalue weighted by Crippen LogP contribution is -2.17. The van der Waals surface area contributed by atoms with Gasteiger partial charge < -0.3 is 26.1 Å². The molecule has 0 aliphatic heterocycles. The van der Waals surface area contributed by atoms with Crippen LogP contribution < -0.4 is 16.7 Å². The summed E-state index contributed by atoms with van der Waals surface area (Å²) >= 11 is 0. The highest BCUT2D eigenvalue weighted by Crippen LogP contribution is 2.24. The summed E-state index contributed by atoms with van der Waals surface area (Å²) in [6.45, 7) is 0.742. The maximum absolute atomic E-state index is 12.6. The minimum Gasteiger partial charge on any atom is -0.493 e. The first-order chi connectivity index (χ1) is 17.5. The van der Waals surface area contributed by atoms with Crippen LogP contribution in [0.1, 0.15) is 32.7 Å². The molecule has 0 saturated heterocycles. The van der Waals surface area contributed by atoms with Crippen molar-refractivity contribution in [2.45, 2.75) is 19.4 Å². The lowest BCUT2D eigenvalue weighted by molar-refractivity contribution is 0.102. The van der Waals surface area contributed by atoms with Crippen molar-refractivity contribution in [2.75, 3.05) is 11.9 Å². The molecule has 6 N–H and O–H groups in total. The van der Waals surface area contributed by atoms with Gasteiger partial charge in [-0.05, 0) is 66.1 Å². The first-order valence-electron chi connectivity index (χ1n) is 11.8. The van der Waals surface area contributed by atoms with Crippen LogP contribution in [0.25, 0.3) is 10.9 Å². The van der Waals surface area contributed by atoms with Gasteiger partial charge in [0, 0.05) is 34.8 Å². The Morgan fingerprint density at radius 2 is 1.75 bits per heavy atom. The van der Waals surface area contributed by atoms with Crippen LogP contribution in [-0.2, 0) is 19.4 Å². The van der Waals surface area contributed by atoms with Crippen LogP contribution in [-0.4, -0.2) is 32.1 Å². The summed E-state index contributed by atoms with van der Waals surface area (Å²) in [6.07, 6.45) is 3.12. The average molecular weight is 482 g/mol. The SMILES string of the molecule is NCCc1c[nH]c2ccc(Cc3[nH]c(=O)n(Cc4ccc(C(=O)Nc5ccccc5)cc4)c3O)cc12. The number of aromatic nitrogens is 3. The molecule has 2 aromatic heterocycles. The molecule has 0 unspecified atom stereocenters. The highest BCUT2D eigenvalue weighted by molar-refractivity contribution is 6.04. The smallest absolute Gasteiger partial charge is 0.328 e. The predicted octanol–water partition coefficient (Wildman–Crippen LogP) is 3.76. The number of benzene rings is 3. The summed E-state index contributed by atoms with van der Waals surface area (Å²) in [6, 6.07) is 22.2. The summed E-state index contributed by atoms with van der Waals surface area (Å²) in [4.78, 5) is 31.1. The van der Waals surface area contributed by atoms with E-state index in [2.05, 4.69) is 21.4 Å². The number of amides is 1. The number of hydrogen-bond donors (Lipinski definition) is 5. The van der Waals surface area contributed by atoms with Crippen molar-refractivity contribution < 1.29 is 9.90 Å². The molecule has 8 heteroatoms. The quantitative estimate of drug-likeness (QED) is 0.231. The van der Waals surface area contributed by atoms with Crippen molar-refractivity contribution >= 4 is 22.5 Å². The fourth-order valence-electron chi connectivity index (χ4n) is 4.35. The van der Waals surface area contributed by atoms with Crippen LogP contribution in [0.15, 0.2) is 83.8 Å². The molecular weight excluding hydrogens is 454 g/mol. The van der Waals surface area contributed by atoms with E-state index < -0.39 is 0 Å². The summed E-state index contributed by atoms with van der Waals surface area (Å²) in [5.41, 5.74) is 10.9. The summed E-state index contributed by atoms with van der Waals surface area (Å²) in [5.74, 6) is -0.312. The van der Waals surface area contributed by atoms with Gasteiger partial charge in [0.1, 0.15) is 0 Å². The molecule has 0 aliphatic rings. The number of carbonyl (C=O) groups excluding carboxylic acids is 1. The van der Waals surface area contributed by atoms with E-state index in [-0.39, 0.29) is 24.0 Å². The van der Waals surface area contributed by atoms with Gasteiger partial charge in [-0.15, -0.1) is 0 Å².